The molecule has 2 nitrogen and oxygen atoms in total. The van der Waals surface area contributed by atoms with Crippen molar-refractivity contribution in [2.45, 2.75) is 45.1 Å². The molecular weight excluding hydrogens is 370 g/mol. The molecule has 0 spiro atoms. The maximum absolute atomic E-state index is 15.0. The predicted molar refractivity (Wildman–Crippen MR) is 101 cm³/mol. The van der Waals surface area contributed by atoms with Crippen LogP contribution in [0.4, 0.5) is 17.6 Å². The molecule has 0 unspecified atom stereocenters. The average Bonchev–Trinajstić information content (AvgIpc) is 2.65. The van der Waals surface area contributed by atoms with Gasteiger partial charge in [-0.25, -0.2) is 17.6 Å². The number of halogens is 4. The van der Waals surface area contributed by atoms with E-state index in [1.54, 1.807) is 64.0 Å². The number of ketones is 1. The van der Waals surface area contributed by atoms with E-state index >= 15 is 0 Å². The Kier molecular flexibility index (Phi) is 6.65. The summed E-state index contributed by atoms with van der Waals surface area (Å²) in [5, 5.41) is 0. The minimum absolute atomic E-state index is 0.0335. The zero-order valence-corrected chi connectivity index (χ0v) is 16.7. The lowest BCUT2D eigenvalue weighted by molar-refractivity contribution is -0.123. The summed E-state index contributed by atoms with van der Waals surface area (Å²) in [7, 11) is 3.53. The van der Waals surface area contributed by atoms with E-state index in [0.717, 1.165) is 0 Å². The Bertz CT molecular complexity index is 855. The van der Waals surface area contributed by atoms with E-state index in [9.17, 15) is 22.4 Å². The Labute approximate surface area is 163 Å². The molecule has 28 heavy (non-hydrogen) atoms. The molecule has 6 heteroatoms. The molecule has 0 aliphatic heterocycles. The van der Waals surface area contributed by atoms with Crippen LogP contribution in [0, 0.1) is 30.2 Å². The Morgan fingerprint density at radius 1 is 1.07 bits per heavy atom. The van der Waals surface area contributed by atoms with Gasteiger partial charge in [0.1, 0.15) is 5.78 Å². The van der Waals surface area contributed by atoms with E-state index in [-0.39, 0.29) is 24.9 Å². The predicted octanol–water partition coefficient (Wildman–Crippen LogP) is 5.16. The summed E-state index contributed by atoms with van der Waals surface area (Å²) >= 11 is 0. The highest BCUT2D eigenvalue weighted by Crippen LogP contribution is 2.44. The molecule has 2 aromatic rings. The van der Waals surface area contributed by atoms with Crippen LogP contribution < -0.4 is 0 Å². The van der Waals surface area contributed by atoms with Crippen molar-refractivity contribution in [3.8, 4) is 0 Å². The van der Waals surface area contributed by atoms with E-state index in [1.165, 1.54) is 0 Å². The lowest BCUT2D eigenvalue weighted by Gasteiger charge is -2.38. The highest BCUT2D eigenvalue weighted by molar-refractivity contribution is 5.94. The van der Waals surface area contributed by atoms with Crippen molar-refractivity contribution in [2.24, 2.45) is 0 Å². The van der Waals surface area contributed by atoms with Crippen molar-refractivity contribution in [2.75, 3.05) is 14.1 Å². The summed E-state index contributed by atoms with van der Waals surface area (Å²) in [5.74, 6) is -6.61. The molecule has 0 saturated carbocycles. The van der Waals surface area contributed by atoms with E-state index in [4.69, 9.17) is 0 Å². The molecule has 0 aromatic heterocycles. The van der Waals surface area contributed by atoms with Crippen LogP contribution in [-0.4, -0.2) is 30.8 Å². The normalized spacial score (nSPS) is 14.8. The second-order valence-corrected chi connectivity index (χ2v) is 7.36. The van der Waals surface area contributed by atoms with Crippen LogP contribution in [0.25, 0.3) is 0 Å². The quantitative estimate of drug-likeness (QED) is 0.477. The highest BCUT2D eigenvalue weighted by Gasteiger charge is 2.48. The SMILES string of the molecule is CCC(=O)[C@](C[C@H](C)N(C)C)(c1ccccc1C)c1c(F)c(F)cc(F)c1F. The van der Waals surface area contributed by atoms with Gasteiger partial charge < -0.3 is 4.90 Å². The van der Waals surface area contributed by atoms with Gasteiger partial charge in [0.25, 0.3) is 0 Å². The van der Waals surface area contributed by atoms with Crippen molar-refractivity contribution in [3.05, 3.63) is 70.3 Å². The van der Waals surface area contributed by atoms with Crippen LogP contribution in [0.1, 0.15) is 43.4 Å². The van der Waals surface area contributed by atoms with E-state index in [2.05, 4.69) is 0 Å². The molecule has 2 rings (SSSR count). The second-order valence-electron chi connectivity index (χ2n) is 7.36. The van der Waals surface area contributed by atoms with Crippen LogP contribution in [0.5, 0.6) is 0 Å². The molecule has 0 radical (unpaired) electrons. The van der Waals surface area contributed by atoms with E-state index in [1.807, 2.05) is 0 Å². The van der Waals surface area contributed by atoms with Gasteiger partial charge in [-0.1, -0.05) is 31.2 Å². The fraction of sp³-hybridized carbons (Fsp3) is 0.409. The fourth-order valence-corrected chi connectivity index (χ4v) is 3.68. The Morgan fingerprint density at radius 2 is 1.61 bits per heavy atom. The van der Waals surface area contributed by atoms with Gasteiger partial charge in [0.2, 0.25) is 0 Å². The molecule has 0 aliphatic carbocycles. The van der Waals surface area contributed by atoms with Crippen LogP contribution in [0.15, 0.2) is 30.3 Å². The van der Waals surface area contributed by atoms with Crippen molar-refractivity contribution in [1.82, 2.24) is 4.90 Å². The maximum Gasteiger partial charge on any atom is 0.166 e. The van der Waals surface area contributed by atoms with E-state index in [0.29, 0.717) is 11.1 Å². The molecule has 0 aliphatic rings. The van der Waals surface area contributed by atoms with Gasteiger partial charge in [0, 0.05) is 24.1 Å². The summed E-state index contributed by atoms with van der Waals surface area (Å²) in [6.45, 7) is 5.07. The van der Waals surface area contributed by atoms with Crippen LogP contribution in [-0.2, 0) is 10.2 Å². The van der Waals surface area contributed by atoms with Gasteiger partial charge in [-0.2, -0.15) is 0 Å². The first-order valence-corrected chi connectivity index (χ1v) is 9.17. The lowest BCUT2D eigenvalue weighted by Crippen LogP contribution is -2.45. The topological polar surface area (TPSA) is 20.3 Å². The third-order valence-corrected chi connectivity index (χ3v) is 5.42. The van der Waals surface area contributed by atoms with Gasteiger partial charge in [0.05, 0.1) is 5.41 Å². The van der Waals surface area contributed by atoms with Crippen LogP contribution in [0.3, 0.4) is 0 Å². The number of rotatable bonds is 7. The number of hydrogen-bond acceptors (Lipinski definition) is 2. The zero-order chi connectivity index (χ0) is 21.2. The van der Waals surface area contributed by atoms with Gasteiger partial charge in [-0.05, 0) is 45.5 Å². The zero-order valence-electron chi connectivity index (χ0n) is 16.7. The van der Waals surface area contributed by atoms with Gasteiger partial charge >= 0.3 is 0 Å². The second kappa shape index (κ2) is 8.43. The standard InChI is InChI=1S/C22H25F4NO/c1-6-18(28)22(12-14(3)27(4)5,15-10-8-7-9-13(15)2)19-20(25)16(23)11-17(24)21(19)26/h7-11,14H,6,12H2,1-5H3/t14-,22-/m0/s1. The summed E-state index contributed by atoms with van der Waals surface area (Å²) in [4.78, 5) is 15.1. The van der Waals surface area contributed by atoms with Gasteiger partial charge in [-0.15, -0.1) is 0 Å². The number of carbonyl (C=O) groups excluding carboxylic acids is 1. The number of hydrogen-bond donors (Lipinski definition) is 0. The molecule has 0 saturated heterocycles. The van der Waals surface area contributed by atoms with Crippen molar-refractivity contribution >= 4 is 5.78 Å². The summed E-state index contributed by atoms with van der Waals surface area (Å²) < 4.78 is 58.2. The van der Waals surface area contributed by atoms with Crippen LogP contribution >= 0.6 is 0 Å². The molecule has 0 N–H and O–H groups in total. The molecule has 0 fully saturated rings. The van der Waals surface area contributed by atoms with Crippen molar-refractivity contribution < 1.29 is 22.4 Å². The summed E-state index contributed by atoms with van der Waals surface area (Å²) in [6, 6.07) is 6.54. The molecule has 0 amide bonds. The maximum atomic E-state index is 15.0. The first-order valence-electron chi connectivity index (χ1n) is 9.17. The average molecular weight is 395 g/mol. The number of Topliss-reactive ketones (excluding diaryl/α,β-unsaturated/α-hetero) is 1. The lowest BCUT2D eigenvalue weighted by atomic mass is 9.65. The Balaban J connectivity index is 3.02. The highest BCUT2D eigenvalue weighted by atomic mass is 19.2. The summed E-state index contributed by atoms with van der Waals surface area (Å²) in [5.41, 5.74) is -1.77. The number of aryl methyl sites for hydroxylation is 1. The molecule has 0 heterocycles. The van der Waals surface area contributed by atoms with Gasteiger partial charge in [-0.3, -0.25) is 4.79 Å². The molecular formula is C22H25F4NO. The Hall–Kier alpha value is -2.21. The molecule has 0 bridgehead atoms. The first-order chi connectivity index (χ1) is 13.1. The monoisotopic (exact) mass is 395 g/mol. The Morgan fingerprint density at radius 3 is 2.07 bits per heavy atom. The minimum Gasteiger partial charge on any atom is -0.307 e. The fourth-order valence-electron chi connectivity index (χ4n) is 3.68. The number of nitrogens with zero attached hydrogens (tertiary/aromatic N) is 1. The van der Waals surface area contributed by atoms with Crippen molar-refractivity contribution in [1.29, 1.82) is 0 Å². The number of benzene rings is 2. The molecule has 152 valence electrons. The van der Waals surface area contributed by atoms with Gasteiger partial charge in [0.15, 0.2) is 23.3 Å². The first kappa shape index (κ1) is 22.1. The minimum atomic E-state index is -1.86. The summed E-state index contributed by atoms with van der Waals surface area (Å²) in [6.07, 6.45) is -0.0836. The number of carbonyl (C=O) groups is 1. The third kappa shape index (κ3) is 3.70. The largest absolute Gasteiger partial charge is 0.307 e. The molecule has 2 atom stereocenters. The van der Waals surface area contributed by atoms with Crippen molar-refractivity contribution in [3.63, 3.8) is 0 Å². The third-order valence-electron chi connectivity index (χ3n) is 5.42. The van der Waals surface area contributed by atoms with Crippen LogP contribution in [0.2, 0.25) is 0 Å². The van der Waals surface area contributed by atoms with E-state index < -0.39 is 40.0 Å². The smallest absolute Gasteiger partial charge is 0.166 e. The molecule has 2 aromatic carbocycles.